The Hall–Kier alpha value is -12.9. The number of anilines is 6. The number of hydrogen-bond donors (Lipinski definition) is 0. The molecule has 0 spiro atoms. The fraction of sp³-hybridized carbons (Fsp3) is 0.0392. The molecule has 2 aliphatic rings. The van der Waals surface area contributed by atoms with Gasteiger partial charge in [-0.05, 0) is 187 Å². The van der Waals surface area contributed by atoms with Crippen molar-refractivity contribution in [3.63, 3.8) is 0 Å². The smallest absolute Gasteiger partial charge is 0.252 e. The summed E-state index contributed by atoms with van der Waals surface area (Å²) in [4.78, 5) is 5.46. The normalized spacial score (nSPS) is 12.4. The number of hydrogen-bond acceptors (Lipinski definition) is 3. The molecule has 17 aromatic carbocycles. The lowest BCUT2D eigenvalue weighted by atomic mass is 9.33. The highest BCUT2D eigenvalue weighted by Gasteiger charge is 2.46. The summed E-state index contributed by atoms with van der Waals surface area (Å²) < 4.78 is 2.58. The Morgan fingerprint density at radius 3 is 0.972 bits per heavy atom. The van der Waals surface area contributed by atoms with Gasteiger partial charge in [0.05, 0.1) is 11.4 Å². The first-order valence-electron chi connectivity index (χ1n) is 36.9. The van der Waals surface area contributed by atoms with Gasteiger partial charge < -0.3 is 9.80 Å². The molecular formula is C102H71BN2S. The zero-order valence-corrected chi connectivity index (χ0v) is 60.0. The van der Waals surface area contributed by atoms with Gasteiger partial charge in [-0.15, -0.1) is 11.3 Å². The monoisotopic (exact) mass is 1370 g/mol. The first-order valence-corrected chi connectivity index (χ1v) is 37.7. The van der Waals surface area contributed by atoms with Crippen molar-refractivity contribution >= 4 is 110 Å². The topological polar surface area (TPSA) is 6.48 Å². The van der Waals surface area contributed by atoms with E-state index < -0.39 is 0 Å². The SMILES string of the molecule is CC(C)(C)c1cc2c3c(c1)N(c1c(-c4ccccc4)cc(-c4ccccc4)cc1-c1ccccc1)c1cc(-c4c5ccccc5c(-c5ccccc5)c5ccccc45)ccc1B3c1ccc(-c3ccc4c(c3)sc3ccccc34)cc1N2c1c(-c2ccccc2)cc(-c2ccccc2)cc1-c1ccccc1. The molecule has 0 saturated heterocycles. The highest BCUT2D eigenvalue weighted by Crippen LogP contribution is 2.57. The van der Waals surface area contributed by atoms with Crippen molar-refractivity contribution < 1.29 is 0 Å². The molecule has 0 atom stereocenters. The molecule has 0 amide bonds. The minimum atomic E-state index is -0.343. The summed E-state index contributed by atoms with van der Waals surface area (Å²) in [6.45, 7) is 6.95. The molecule has 0 unspecified atom stereocenters. The van der Waals surface area contributed by atoms with Crippen LogP contribution in [0.1, 0.15) is 26.3 Å². The lowest BCUT2D eigenvalue weighted by Crippen LogP contribution is -2.61. The Labute approximate surface area is 623 Å². The van der Waals surface area contributed by atoms with Gasteiger partial charge >= 0.3 is 0 Å². The van der Waals surface area contributed by atoms with Crippen LogP contribution in [0.15, 0.2) is 376 Å². The quantitative estimate of drug-likeness (QED) is 0.0941. The van der Waals surface area contributed by atoms with Crippen LogP contribution < -0.4 is 26.2 Å². The van der Waals surface area contributed by atoms with Crippen LogP contribution in [0.2, 0.25) is 0 Å². The van der Waals surface area contributed by atoms with Gasteiger partial charge in [-0.1, -0.05) is 336 Å². The Kier molecular flexibility index (Phi) is 15.1. The summed E-state index contributed by atoms with van der Waals surface area (Å²) in [5, 5.41) is 7.46. The van der Waals surface area contributed by atoms with Crippen molar-refractivity contribution in [3.8, 4) is 100 Å². The van der Waals surface area contributed by atoms with Crippen LogP contribution >= 0.6 is 11.3 Å². The van der Waals surface area contributed by atoms with Gasteiger partial charge in [0.2, 0.25) is 0 Å². The van der Waals surface area contributed by atoms with Gasteiger partial charge in [0.25, 0.3) is 6.71 Å². The van der Waals surface area contributed by atoms with E-state index >= 15 is 0 Å². The first-order chi connectivity index (χ1) is 52.2. The number of nitrogens with zero attached hydrogens (tertiary/aromatic N) is 2. The molecule has 4 heteroatoms. The molecule has 498 valence electrons. The average molecular weight is 1370 g/mol. The van der Waals surface area contributed by atoms with E-state index in [2.05, 4.69) is 407 Å². The van der Waals surface area contributed by atoms with E-state index in [1.165, 1.54) is 85.9 Å². The van der Waals surface area contributed by atoms with Crippen LogP contribution in [-0.4, -0.2) is 6.71 Å². The van der Waals surface area contributed by atoms with E-state index in [1.807, 2.05) is 11.3 Å². The number of rotatable bonds is 11. The molecule has 0 saturated carbocycles. The maximum Gasteiger partial charge on any atom is 0.252 e. The van der Waals surface area contributed by atoms with Gasteiger partial charge in [0, 0.05) is 65.2 Å². The summed E-state index contributed by atoms with van der Waals surface area (Å²) in [6.07, 6.45) is 0. The predicted octanol–water partition coefficient (Wildman–Crippen LogP) is 26.7. The fourth-order valence-corrected chi connectivity index (χ4v) is 18.3. The van der Waals surface area contributed by atoms with Crippen LogP contribution in [0.4, 0.5) is 34.1 Å². The second-order valence-corrected chi connectivity index (χ2v) is 30.5. The van der Waals surface area contributed by atoms with Crippen molar-refractivity contribution in [2.45, 2.75) is 26.2 Å². The van der Waals surface area contributed by atoms with Gasteiger partial charge in [-0.2, -0.15) is 0 Å². The molecule has 18 aromatic rings. The average Bonchev–Trinajstić information content (AvgIpc) is 0.754. The Morgan fingerprint density at radius 1 is 0.236 bits per heavy atom. The number of fused-ring (bicyclic) bond motifs is 9. The highest BCUT2D eigenvalue weighted by atomic mass is 32.1. The molecule has 0 bridgehead atoms. The second-order valence-electron chi connectivity index (χ2n) is 29.4. The van der Waals surface area contributed by atoms with Crippen molar-refractivity contribution in [2.75, 3.05) is 9.80 Å². The van der Waals surface area contributed by atoms with Gasteiger partial charge in [-0.25, -0.2) is 0 Å². The molecule has 0 aliphatic carbocycles. The third kappa shape index (κ3) is 10.5. The molecule has 0 radical (unpaired) electrons. The molecule has 20 rings (SSSR count). The maximum absolute atomic E-state index is 2.73. The first kappa shape index (κ1) is 62.9. The minimum absolute atomic E-state index is 0.244. The summed E-state index contributed by atoms with van der Waals surface area (Å²) in [5.74, 6) is 0. The van der Waals surface area contributed by atoms with Crippen molar-refractivity contribution in [2.24, 2.45) is 0 Å². The fourth-order valence-electron chi connectivity index (χ4n) is 17.2. The molecule has 0 fully saturated rings. The lowest BCUT2D eigenvalue weighted by molar-refractivity contribution is 0.590. The zero-order valence-electron chi connectivity index (χ0n) is 59.2. The maximum atomic E-state index is 2.73. The summed E-state index contributed by atoms with van der Waals surface area (Å²) in [7, 11) is 0. The standard InChI is InChI=1S/C102H71BN2S/c1-102(2,3)78-64-93-99-94(65-78)105(101-87(70-39-19-8-20-40-70)59-77(67-33-13-5-14-34-67)60-88(101)71-41-21-9-22-42-71)92-62-75(98-83-48-27-25-46-81(83)97(72-43-23-10-24-44-72)82-47-26-28-49-84(82)98)53-56-90(92)103(99)89-55-52-73(74-51-54-80-79-45-29-30-50-95(79)106-96(80)63-74)61-91(89)104(93)100-85(68-35-15-6-16-36-68)57-76(66-31-11-4-12-32-66)58-86(100)69-37-17-7-18-38-69/h4-65H,1-3H3. The molecule has 3 heterocycles. The molecule has 0 N–H and O–H groups in total. The van der Waals surface area contributed by atoms with Crippen molar-refractivity contribution in [1.29, 1.82) is 0 Å². The van der Waals surface area contributed by atoms with E-state index in [4.69, 9.17) is 0 Å². The van der Waals surface area contributed by atoms with Crippen LogP contribution in [0.3, 0.4) is 0 Å². The van der Waals surface area contributed by atoms with Crippen LogP contribution in [0.25, 0.3) is 142 Å². The third-order valence-corrected chi connectivity index (χ3v) is 23.3. The van der Waals surface area contributed by atoms with Gasteiger partial charge in [0.15, 0.2) is 0 Å². The van der Waals surface area contributed by atoms with E-state index in [0.717, 1.165) is 112 Å². The summed E-state index contributed by atoms with van der Waals surface area (Å²) in [5.41, 5.74) is 32.3. The van der Waals surface area contributed by atoms with E-state index in [9.17, 15) is 0 Å². The second kappa shape index (κ2) is 25.5. The molecule has 106 heavy (non-hydrogen) atoms. The third-order valence-electron chi connectivity index (χ3n) is 22.2. The largest absolute Gasteiger partial charge is 0.310 e. The lowest BCUT2D eigenvalue weighted by Gasteiger charge is -2.46. The Bertz CT molecular complexity index is 6290. The zero-order chi connectivity index (χ0) is 70.6. The molecule has 2 nitrogen and oxygen atoms in total. The highest BCUT2D eigenvalue weighted by molar-refractivity contribution is 7.25. The van der Waals surface area contributed by atoms with Crippen LogP contribution in [-0.2, 0) is 5.41 Å². The van der Waals surface area contributed by atoms with Crippen molar-refractivity contribution in [3.05, 3.63) is 382 Å². The van der Waals surface area contributed by atoms with Crippen LogP contribution in [0, 0.1) is 0 Å². The minimum Gasteiger partial charge on any atom is -0.310 e. The Balaban J connectivity index is 0.955. The van der Waals surface area contributed by atoms with Gasteiger partial charge in [0.1, 0.15) is 0 Å². The number of thiophene rings is 1. The van der Waals surface area contributed by atoms with Crippen LogP contribution in [0.5, 0.6) is 0 Å². The van der Waals surface area contributed by atoms with E-state index in [0.29, 0.717) is 0 Å². The molecule has 2 aliphatic heterocycles. The van der Waals surface area contributed by atoms with Crippen molar-refractivity contribution in [1.82, 2.24) is 0 Å². The predicted molar refractivity (Wildman–Crippen MR) is 456 cm³/mol. The summed E-state index contributed by atoms with van der Waals surface area (Å²) in [6, 6.07) is 142. The van der Waals surface area contributed by atoms with E-state index in [1.54, 1.807) is 0 Å². The Morgan fingerprint density at radius 2 is 0.557 bits per heavy atom. The molecule has 1 aromatic heterocycles. The van der Waals surface area contributed by atoms with E-state index in [-0.39, 0.29) is 12.1 Å². The van der Waals surface area contributed by atoms with Gasteiger partial charge in [-0.3, -0.25) is 0 Å². The number of benzene rings is 17. The summed E-state index contributed by atoms with van der Waals surface area (Å²) >= 11 is 1.88. The molecular weight excluding hydrogens is 1300 g/mol.